The molecule has 0 fully saturated rings. The molecule has 1 heterocycles. The van der Waals surface area contributed by atoms with Gasteiger partial charge in [-0.25, -0.2) is 9.97 Å². The molecule has 0 saturated heterocycles. The minimum absolute atomic E-state index is 0.0449. The molecule has 4 N–H and O–H groups in total. The van der Waals surface area contributed by atoms with Crippen LogP contribution in [0.3, 0.4) is 0 Å². The number of phenols is 2. The van der Waals surface area contributed by atoms with E-state index in [-0.39, 0.29) is 11.5 Å². The number of hydrazone groups is 1. The van der Waals surface area contributed by atoms with Crippen molar-refractivity contribution in [2.45, 2.75) is 6.92 Å². The summed E-state index contributed by atoms with van der Waals surface area (Å²) in [5, 5.41) is 23.3. The summed E-state index contributed by atoms with van der Waals surface area (Å²) in [5.41, 5.74) is 2.86. The highest BCUT2D eigenvalue weighted by molar-refractivity contribution is 6.13. The molecule has 0 aliphatic rings. The highest BCUT2D eigenvalue weighted by Gasteiger charge is 2.16. The average Bonchev–Trinajstić information content (AvgIpc) is 2.58. The molecule has 24 heavy (non-hydrogen) atoms. The zero-order chi connectivity index (χ0) is 17.1. The Balaban J connectivity index is 2.12. The number of aryl methyl sites for hydroxylation is 1. The van der Waals surface area contributed by atoms with Crippen LogP contribution in [-0.4, -0.2) is 25.9 Å². The molecule has 0 spiro atoms. The Labute approximate surface area is 139 Å². The highest BCUT2D eigenvalue weighted by atomic mass is 16.3. The van der Waals surface area contributed by atoms with E-state index in [1.165, 1.54) is 18.2 Å². The number of phenolic OH excluding ortho intramolecular Hbond substituents is 2. The van der Waals surface area contributed by atoms with Crippen molar-refractivity contribution in [1.29, 1.82) is 0 Å². The minimum Gasteiger partial charge on any atom is -0.508 e. The van der Waals surface area contributed by atoms with E-state index in [1.807, 2.05) is 30.3 Å². The van der Waals surface area contributed by atoms with E-state index in [0.29, 0.717) is 22.8 Å². The quantitative estimate of drug-likeness (QED) is 0.391. The molecule has 3 rings (SSSR count). The smallest absolute Gasteiger partial charge is 0.128 e. The van der Waals surface area contributed by atoms with Crippen LogP contribution in [0.15, 0.2) is 59.7 Å². The predicted molar refractivity (Wildman–Crippen MR) is 91.8 cm³/mol. The number of hydrogen-bond donors (Lipinski definition) is 3. The Bertz CT molecular complexity index is 908. The lowest BCUT2D eigenvalue weighted by Gasteiger charge is -2.10. The van der Waals surface area contributed by atoms with Gasteiger partial charge in [0, 0.05) is 17.2 Å². The molecule has 0 aliphatic carbocycles. The van der Waals surface area contributed by atoms with E-state index in [9.17, 15) is 10.2 Å². The van der Waals surface area contributed by atoms with Gasteiger partial charge in [0.2, 0.25) is 0 Å². The van der Waals surface area contributed by atoms with E-state index < -0.39 is 0 Å². The molecule has 3 aromatic rings. The number of aromatic hydroxyl groups is 2. The SMILES string of the molecule is Cc1nc(/C(=N/N)c2ccc(O)cc2O)cc(-c2ccccc2)n1. The minimum atomic E-state index is -0.128. The molecule has 6 nitrogen and oxygen atoms in total. The van der Waals surface area contributed by atoms with Crippen molar-refractivity contribution in [3.63, 3.8) is 0 Å². The number of nitrogens with two attached hydrogens (primary N) is 1. The zero-order valence-electron chi connectivity index (χ0n) is 13.0. The maximum absolute atomic E-state index is 10.1. The largest absolute Gasteiger partial charge is 0.508 e. The van der Waals surface area contributed by atoms with Gasteiger partial charge in [0.25, 0.3) is 0 Å². The van der Waals surface area contributed by atoms with E-state index >= 15 is 0 Å². The van der Waals surface area contributed by atoms with Gasteiger partial charge in [-0.15, -0.1) is 0 Å². The summed E-state index contributed by atoms with van der Waals surface area (Å²) in [6, 6.07) is 15.7. The Morgan fingerprint density at radius 3 is 2.42 bits per heavy atom. The van der Waals surface area contributed by atoms with Crippen LogP contribution in [0.5, 0.6) is 11.5 Å². The average molecular weight is 320 g/mol. The molecule has 120 valence electrons. The number of benzene rings is 2. The van der Waals surface area contributed by atoms with Gasteiger partial charge in [-0.1, -0.05) is 30.3 Å². The van der Waals surface area contributed by atoms with Gasteiger partial charge in [0.15, 0.2) is 0 Å². The summed E-state index contributed by atoms with van der Waals surface area (Å²) in [6.07, 6.45) is 0. The number of hydrogen-bond acceptors (Lipinski definition) is 6. The van der Waals surface area contributed by atoms with Gasteiger partial charge < -0.3 is 16.1 Å². The molecule has 0 aliphatic heterocycles. The van der Waals surface area contributed by atoms with Crippen LogP contribution in [0.25, 0.3) is 11.3 Å². The van der Waals surface area contributed by atoms with Crippen LogP contribution in [0, 0.1) is 6.92 Å². The summed E-state index contributed by atoms with van der Waals surface area (Å²) in [5.74, 6) is 5.92. The van der Waals surface area contributed by atoms with Gasteiger partial charge >= 0.3 is 0 Å². The summed E-state index contributed by atoms with van der Waals surface area (Å²) >= 11 is 0. The second-order valence-electron chi connectivity index (χ2n) is 5.23. The van der Waals surface area contributed by atoms with Crippen LogP contribution in [0.4, 0.5) is 0 Å². The molecule has 0 saturated carbocycles. The zero-order valence-corrected chi connectivity index (χ0v) is 13.0. The molecule has 0 atom stereocenters. The summed E-state index contributed by atoms with van der Waals surface area (Å²) in [6.45, 7) is 1.78. The standard InChI is InChI=1S/C18H16N4O2/c1-11-20-15(12-5-3-2-4-6-12)10-16(21-11)18(22-19)14-8-7-13(23)9-17(14)24/h2-10,23-24H,19H2,1H3/b22-18+. The monoisotopic (exact) mass is 320 g/mol. The van der Waals surface area contributed by atoms with E-state index in [2.05, 4.69) is 15.1 Å². The van der Waals surface area contributed by atoms with Gasteiger partial charge in [0.1, 0.15) is 23.0 Å². The normalized spacial score (nSPS) is 11.5. The maximum Gasteiger partial charge on any atom is 0.128 e. The number of aromatic nitrogens is 2. The predicted octanol–water partition coefficient (Wildman–Crippen LogP) is 2.57. The Kier molecular flexibility index (Phi) is 4.11. The molecule has 0 bridgehead atoms. The van der Waals surface area contributed by atoms with Crippen molar-refractivity contribution in [2.24, 2.45) is 10.9 Å². The van der Waals surface area contributed by atoms with Crippen molar-refractivity contribution < 1.29 is 10.2 Å². The molecule has 6 heteroatoms. The third-order valence-electron chi connectivity index (χ3n) is 3.52. The lowest BCUT2D eigenvalue weighted by Crippen LogP contribution is -2.11. The van der Waals surface area contributed by atoms with E-state index in [4.69, 9.17) is 5.84 Å². The van der Waals surface area contributed by atoms with Gasteiger partial charge in [-0.05, 0) is 25.1 Å². The molecule has 0 unspecified atom stereocenters. The third kappa shape index (κ3) is 3.03. The van der Waals surface area contributed by atoms with E-state index in [1.54, 1.807) is 13.0 Å². The number of rotatable bonds is 3. The van der Waals surface area contributed by atoms with Gasteiger partial charge in [-0.2, -0.15) is 5.10 Å². The molecule has 1 aromatic heterocycles. The Morgan fingerprint density at radius 2 is 1.75 bits per heavy atom. The fraction of sp³-hybridized carbons (Fsp3) is 0.0556. The summed E-state index contributed by atoms with van der Waals surface area (Å²) < 4.78 is 0. The first-order chi connectivity index (χ1) is 11.6. The molecule has 0 radical (unpaired) electrons. The lowest BCUT2D eigenvalue weighted by atomic mass is 10.0. The Morgan fingerprint density at radius 1 is 1.00 bits per heavy atom. The fourth-order valence-corrected chi connectivity index (χ4v) is 2.44. The first-order valence-electron chi connectivity index (χ1n) is 7.30. The van der Waals surface area contributed by atoms with Crippen LogP contribution in [0.1, 0.15) is 17.1 Å². The van der Waals surface area contributed by atoms with Crippen LogP contribution >= 0.6 is 0 Å². The van der Waals surface area contributed by atoms with Gasteiger partial charge in [-0.3, -0.25) is 0 Å². The lowest BCUT2D eigenvalue weighted by molar-refractivity contribution is 0.450. The second kappa shape index (κ2) is 6.37. The first kappa shape index (κ1) is 15.5. The number of nitrogens with zero attached hydrogens (tertiary/aromatic N) is 3. The van der Waals surface area contributed by atoms with Crippen molar-refractivity contribution in [1.82, 2.24) is 9.97 Å². The fourth-order valence-electron chi connectivity index (χ4n) is 2.44. The maximum atomic E-state index is 10.1. The molecular formula is C18H16N4O2. The van der Waals surface area contributed by atoms with Crippen LogP contribution in [-0.2, 0) is 0 Å². The third-order valence-corrected chi connectivity index (χ3v) is 3.52. The van der Waals surface area contributed by atoms with Gasteiger partial charge in [0.05, 0.1) is 11.4 Å². The van der Waals surface area contributed by atoms with Crippen molar-refractivity contribution in [2.75, 3.05) is 0 Å². The highest BCUT2D eigenvalue weighted by Crippen LogP contribution is 2.26. The Hall–Kier alpha value is -3.41. The topological polar surface area (TPSA) is 105 Å². The summed E-state index contributed by atoms with van der Waals surface area (Å²) in [4.78, 5) is 8.82. The van der Waals surface area contributed by atoms with Crippen LogP contribution < -0.4 is 5.84 Å². The molecule has 0 amide bonds. The van der Waals surface area contributed by atoms with Crippen molar-refractivity contribution >= 4 is 5.71 Å². The van der Waals surface area contributed by atoms with Crippen molar-refractivity contribution in [3.05, 3.63) is 71.7 Å². The first-order valence-corrected chi connectivity index (χ1v) is 7.30. The van der Waals surface area contributed by atoms with Crippen LogP contribution in [0.2, 0.25) is 0 Å². The molecular weight excluding hydrogens is 304 g/mol. The second-order valence-corrected chi connectivity index (χ2v) is 5.23. The van der Waals surface area contributed by atoms with E-state index in [0.717, 1.165) is 11.3 Å². The summed E-state index contributed by atoms with van der Waals surface area (Å²) in [7, 11) is 0. The van der Waals surface area contributed by atoms with Crippen molar-refractivity contribution in [3.8, 4) is 22.8 Å². The molecule has 2 aromatic carbocycles.